The van der Waals surface area contributed by atoms with E-state index in [1.165, 1.54) is 0 Å². The standard InChI is InChI=1S/C21H24N8O/c1-3-12-30-21(7-8-21)14-19-27-26-18-13-15(6-11-29(18)19)16-4-9-22-20(24-16)25-17-5-10-23-28(17)2/h4-6,9-11,13H,3,7-8,12,14H2,1-2H3,(H,22,24,25). The quantitative estimate of drug-likeness (QED) is 0.482. The van der Waals surface area contributed by atoms with Crippen LogP contribution in [0.3, 0.4) is 0 Å². The van der Waals surface area contributed by atoms with E-state index in [4.69, 9.17) is 4.74 Å². The second-order valence-corrected chi connectivity index (χ2v) is 7.70. The summed E-state index contributed by atoms with van der Waals surface area (Å²) in [5.74, 6) is 2.28. The van der Waals surface area contributed by atoms with Crippen LogP contribution in [0.1, 0.15) is 32.0 Å². The van der Waals surface area contributed by atoms with Gasteiger partial charge < -0.3 is 10.1 Å². The van der Waals surface area contributed by atoms with Crippen molar-refractivity contribution in [2.45, 2.75) is 38.2 Å². The lowest BCUT2D eigenvalue weighted by molar-refractivity contribution is 0.0320. The number of nitrogens with one attached hydrogen (secondary N) is 1. The summed E-state index contributed by atoms with van der Waals surface area (Å²) in [4.78, 5) is 8.94. The SMILES string of the molecule is CCCOC1(Cc2nnc3cc(-c4ccnc(Nc5ccnn5C)n4)ccn23)CC1. The van der Waals surface area contributed by atoms with Crippen molar-refractivity contribution in [3.05, 3.63) is 48.7 Å². The van der Waals surface area contributed by atoms with E-state index in [9.17, 15) is 0 Å². The van der Waals surface area contributed by atoms with Gasteiger partial charge in [0.2, 0.25) is 5.95 Å². The zero-order valence-electron chi connectivity index (χ0n) is 17.1. The first-order valence-corrected chi connectivity index (χ1v) is 10.2. The molecule has 1 aliphatic carbocycles. The second kappa shape index (κ2) is 7.49. The van der Waals surface area contributed by atoms with E-state index in [2.05, 4.69) is 37.5 Å². The van der Waals surface area contributed by atoms with Crippen molar-refractivity contribution in [2.75, 3.05) is 11.9 Å². The minimum absolute atomic E-state index is 0.0450. The molecule has 0 atom stereocenters. The lowest BCUT2D eigenvalue weighted by Crippen LogP contribution is -2.19. The predicted octanol–water partition coefficient (Wildman–Crippen LogP) is 3.17. The van der Waals surface area contributed by atoms with Gasteiger partial charge >= 0.3 is 0 Å². The Bertz CT molecular complexity index is 1180. The van der Waals surface area contributed by atoms with Crippen LogP contribution in [0.25, 0.3) is 16.9 Å². The number of hydrogen-bond acceptors (Lipinski definition) is 7. The van der Waals surface area contributed by atoms with Gasteiger partial charge in [-0.25, -0.2) is 9.97 Å². The third-order valence-electron chi connectivity index (χ3n) is 5.39. The molecule has 154 valence electrons. The van der Waals surface area contributed by atoms with Gasteiger partial charge in [0.25, 0.3) is 0 Å². The number of aryl methyl sites for hydroxylation is 1. The molecular weight excluding hydrogens is 380 g/mol. The first kappa shape index (κ1) is 18.7. The fraction of sp³-hybridized carbons (Fsp3) is 0.381. The van der Waals surface area contributed by atoms with E-state index in [-0.39, 0.29) is 5.60 Å². The highest BCUT2D eigenvalue weighted by molar-refractivity contribution is 5.65. The number of anilines is 2. The molecule has 0 spiro atoms. The van der Waals surface area contributed by atoms with Gasteiger partial charge in [0.15, 0.2) is 5.65 Å². The minimum atomic E-state index is -0.0450. The molecular formula is C21H24N8O. The van der Waals surface area contributed by atoms with E-state index in [1.54, 1.807) is 17.1 Å². The van der Waals surface area contributed by atoms with Crippen LogP contribution in [0.15, 0.2) is 42.9 Å². The van der Waals surface area contributed by atoms with E-state index in [1.807, 2.05) is 41.9 Å². The summed E-state index contributed by atoms with van der Waals surface area (Å²) < 4.78 is 9.83. The molecule has 4 aromatic rings. The van der Waals surface area contributed by atoms with Gasteiger partial charge in [0, 0.05) is 44.1 Å². The van der Waals surface area contributed by atoms with Crippen LogP contribution in [0.5, 0.6) is 0 Å². The van der Waals surface area contributed by atoms with Crippen LogP contribution >= 0.6 is 0 Å². The molecule has 9 nitrogen and oxygen atoms in total. The maximum atomic E-state index is 6.06. The van der Waals surface area contributed by atoms with Gasteiger partial charge in [-0.1, -0.05) is 6.92 Å². The first-order chi connectivity index (χ1) is 14.7. The molecule has 0 unspecified atom stereocenters. The molecule has 1 aliphatic rings. The largest absolute Gasteiger partial charge is 0.375 e. The molecule has 1 N–H and O–H groups in total. The Morgan fingerprint density at radius 1 is 1.17 bits per heavy atom. The Morgan fingerprint density at radius 2 is 2.07 bits per heavy atom. The molecule has 1 fully saturated rings. The van der Waals surface area contributed by atoms with Crippen LogP contribution in [0.2, 0.25) is 0 Å². The maximum absolute atomic E-state index is 6.06. The fourth-order valence-corrected chi connectivity index (χ4v) is 3.53. The number of fused-ring (bicyclic) bond motifs is 1. The number of rotatable bonds is 8. The van der Waals surface area contributed by atoms with Crippen molar-refractivity contribution in [3.8, 4) is 11.3 Å². The van der Waals surface area contributed by atoms with Crippen LogP contribution in [-0.4, -0.2) is 46.6 Å². The third-order valence-corrected chi connectivity index (χ3v) is 5.39. The molecule has 0 bridgehead atoms. The Kier molecular flexibility index (Phi) is 4.66. The van der Waals surface area contributed by atoms with Crippen LogP contribution in [0, 0.1) is 0 Å². The highest BCUT2D eigenvalue weighted by Crippen LogP contribution is 2.42. The van der Waals surface area contributed by atoms with Crippen molar-refractivity contribution in [2.24, 2.45) is 7.05 Å². The van der Waals surface area contributed by atoms with Gasteiger partial charge in [-0.2, -0.15) is 5.10 Å². The Hall–Kier alpha value is -3.33. The van der Waals surface area contributed by atoms with Crippen molar-refractivity contribution in [1.82, 2.24) is 34.3 Å². The third kappa shape index (κ3) is 3.63. The Morgan fingerprint density at radius 3 is 2.83 bits per heavy atom. The fourth-order valence-electron chi connectivity index (χ4n) is 3.53. The lowest BCUT2D eigenvalue weighted by Gasteiger charge is -2.14. The molecule has 0 amide bonds. The summed E-state index contributed by atoms with van der Waals surface area (Å²) in [6.07, 6.45) is 9.47. The van der Waals surface area contributed by atoms with Gasteiger partial charge in [0.05, 0.1) is 17.5 Å². The summed E-state index contributed by atoms with van der Waals surface area (Å²) >= 11 is 0. The van der Waals surface area contributed by atoms with Gasteiger partial charge in [-0.3, -0.25) is 9.08 Å². The molecule has 4 aromatic heterocycles. The van der Waals surface area contributed by atoms with Crippen LogP contribution in [0.4, 0.5) is 11.8 Å². The normalized spacial score (nSPS) is 14.9. The molecule has 0 saturated heterocycles. The van der Waals surface area contributed by atoms with Gasteiger partial charge in [0.1, 0.15) is 11.6 Å². The summed E-state index contributed by atoms with van der Waals surface area (Å²) in [7, 11) is 1.86. The molecule has 0 aromatic carbocycles. The van der Waals surface area contributed by atoms with Crippen LogP contribution in [-0.2, 0) is 18.2 Å². The summed E-state index contributed by atoms with van der Waals surface area (Å²) in [6.45, 7) is 2.93. The molecule has 30 heavy (non-hydrogen) atoms. The van der Waals surface area contributed by atoms with Crippen molar-refractivity contribution >= 4 is 17.4 Å². The molecule has 5 rings (SSSR count). The second-order valence-electron chi connectivity index (χ2n) is 7.70. The highest BCUT2D eigenvalue weighted by atomic mass is 16.5. The lowest BCUT2D eigenvalue weighted by atomic mass is 10.2. The van der Waals surface area contributed by atoms with Crippen molar-refractivity contribution in [1.29, 1.82) is 0 Å². The van der Waals surface area contributed by atoms with E-state index in [0.29, 0.717) is 5.95 Å². The van der Waals surface area contributed by atoms with E-state index >= 15 is 0 Å². The summed E-state index contributed by atoms with van der Waals surface area (Å²) in [6, 6.07) is 7.79. The van der Waals surface area contributed by atoms with E-state index < -0.39 is 0 Å². The number of pyridine rings is 1. The zero-order chi connectivity index (χ0) is 20.6. The number of hydrogen-bond donors (Lipinski definition) is 1. The molecule has 1 saturated carbocycles. The minimum Gasteiger partial charge on any atom is -0.375 e. The Balaban J connectivity index is 1.38. The number of nitrogens with zero attached hydrogens (tertiary/aromatic N) is 7. The summed E-state index contributed by atoms with van der Waals surface area (Å²) in [5, 5.41) is 16.1. The zero-order valence-corrected chi connectivity index (χ0v) is 17.1. The average Bonchev–Trinajstić information content (AvgIpc) is 3.24. The van der Waals surface area contributed by atoms with E-state index in [0.717, 1.165) is 60.8 Å². The van der Waals surface area contributed by atoms with Gasteiger partial charge in [-0.05, 0) is 37.5 Å². The molecule has 4 heterocycles. The monoisotopic (exact) mass is 404 g/mol. The Labute approximate surface area is 174 Å². The smallest absolute Gasteiger partial charge is 0.228 e. The molecule has 0 radical (unpaired) electrons. The topological polar surface area (TPSA) is 95.0 Å². The highest BCUT2D eigenvalue weighted by Gasteiger charge is 2.45. The first-order valence-electron chi connectivity index (χ1n) is 10.2. The van der Waals surface area contributed by atoms with Crippen LogP contribution < -0.4 is 5.32 Å². The van der Waals surface area contributed by atoms with Gasteiger partial charge in [-0.15, -0.1) is 10.2 Å². The predicted molar refractivity (Wildman–Crippen MR) is 112 cm³/mol. The number of aromatic nitrogens is 7. The maximum Gasteiger partial charge on any atom is 0.228 e. The number of ether oxygens (including phenoxy) is 1. The average molecular weight is 404 g/mol. The summed E-state index contributed by atoms with van der Waals surface area (Å²) in [5.41, 5.74) is 2.52. The molecule has 9 heteroatoms. The van der Waals surface area contributed by atoms with Crippen molar-refractivity contribution < 1.29 is 4.74 Å². The van der Waals surface area contributed by atoms with Crippen molar-refractivity contribution in [3.63, 3.8) is 0 Å². The molecule has 0 aliphatic heterocycles.